The molecule has 2 N–H and O–H groups in total. The summed E-state index contributed by atoms with van der Waals surface area (Å²) in [7, 11) is 0. The van der Waals surface area contributed by atoms with Gasteiger partial charge in [-0.1, -0.05) is 38.3 Å². The molecule has 4 nitrogen and oxygen atoms in total. The first kappa shape index (κ1) is 14.7. The van der Waals surface area contributed by atoms with E-state index in [1.165, 1.54) is 0 Å². The molecular weight excluding hydrogens is 254 g/mol. The average Bonchev–Trinajstić information content (AvgIpc) is 2.77. The maximum absolute atomic E-state index is 11.3. The minimum atomic E-state index is -0.268. The number of fused-ring (bicyclic) bond motifs is 1. The van der Waals surface area contributed by atoms with Gasteiger partial charge in [-0.05, 0) is 18.4 Å². The number of hydrogen-bond donors (Lipinski definition) is 1. The first-order valence-corrected chi connectivity index (χ1v) is 7.36. The summed E-state index contributed by atoms with van der Waals surface area (Å²) >= 11 is 0. The molecule has 1 aliphatic rings. The van der Waals surface area contributed by atoms with Crippen molar-refractivity contribution < 1.29 is 14.3 Å². The molecule has 0 bridgehead atoms. The van der Waals surface area contributed by atoms with Crippen molar-refractivity contribution in [2.45, 2.75) is 58.2 Å². The minimum Gasteiger partial charge on any atom is -0.451 e. The first-order chi connectivity index (χ1) is 9.61. The van der Waals surface area contributed by atoms with Crippen LogP contribution in [0.15, 0.2) is 18.2 Å². The van der Waals surface area contributed by atoms with Crippen molar-refractivity contribution in [1.82, 2.24) is 0 Å². The van der Waals surface area contributed by atoms with Gasteiger partial charge in [0.1, 0.15) is 0 Å². The SMILES string of the molecule is CCCCCC(CC(N)=O)c1cccc2c1OC(C)O2. The lowest BCUT2D eigenvalue weighted by Crippen LogP contribution is -2.16. The third-order valence-corrected chi connectivity index (χ3v) is 3.63. The number of primary amides is 1. The lowest BCUT2D eigenvalue weighted by Gasteiger charge is -2.17. The highest BCUT2D eigenvalue weighted by molar-refractivity contribution is 5.75. The number of rotatable bonds is 7. The quantitative estimate of drug-likeness (QED) is 0.777. The Hall–Kier alpha value is -1.71. The standard InChI is InChI=1S/C16H23NO3/c1-3-4-5-7-12(10-15(17)18)13-8-6-9-14-16(13)20-11(2)19-14/h6,8-9,11-12H,3-5,7,10H2,1-2H3,(H2,17,18). The summed E-state index contributed by atoms with van der Waals surface area (Å²) in [5.74, 6) is 1.39. The van der Waals surface area contributed by atoms with Gasteiger partial charge in [-0.25, -0.2) is 0 Å². The molecule has 1 heterocycles. The summed E-state index contributed by atoms with van der Waals surface area (Å²) in [5.41, 5.74) is 6.44. The average molecular weight is 277 g/mol. The first-order valence-electron chi connectivity index (χ1n) is 7.36. The van der Waals surface area contributed by atoms with Crippen LogP contribution in [0.4, 0.5) is 0 Å². The zero-order valence-corrected chi connectivity index (χ0v) is 12.2. The van der Waals surface area contributed by atoms with Crippen LogP contribution in [0.3, 0.4) is 0 Å². The number of nitrogens with two attached hydrogens (primary N) is 1. The van der Waals surface area contributed by atoms with Crippen molar-refractivity contribution in [3.63, 3.8) is 0 Å². The molecule has 1 aromatic carbocycles. The van der Waals surface area contributed by atoms with Crippen LogP contribution in [-0.2, 0) is 4.79 Å². The number of benzene rings is 1. The second-order valence-corrected chi connectivity index (χ2v) is 5.34. The molecule has 4 heteroatoms. The monoisotopic (exact) mass is 277 g/mol. The molecule has 1 amide bonds. The number of carbonyl (C=O) groups is 1. The fourth-order valence-corrected chi connectivity index (χ4v) is 2.69. The summed E-state index contributed by atoms with van der Waals surface area (Å²) in [6.45, 7) is 4.03. The molecule has 0 spiro atoms. The number of ether oxygens (including phenoxy) is 2. The van der Waals surface area contributed by atoms with Gasteiger partial charge >= 0.3 is 0 Å². The molecule has 1 aromatic rings. The highest BCUT2D eigenvalue weighted by Crippen LogP contribution is 2.43. The Bertz CT molecular complexity index is 473. The lowest BCUT2D eigenvalue weighted by atomic mass is 9.89. The summed E-state index contributed by atoms with van der Waals surface area (Å²) in [6, 6.07) is 5.86. The number of amides is 1. The van der Waals surface area contributed by atoms with Gasteiger partial charge in [-0.3, -0.25) is 4.79 Å². The van der Waals surface area contributed by atoms with Crippen LogP contribution >= 0.6 is 0 Å². The van der Waals surface area contributed by atoms with E-state index in [2.05, 4.69) is 6.92 Å². The van der Waals surface area contributed by atoms with E-state index in [9.17, 15) is 4.79 Å². The molecule has 0 saturated carbocycles. The molecule has 20 heavy (non-hydrogen) atoms. The zero-order valence-electron chi connectivity index (χ0n) is 12.2. The van der Waals surface area contributed by atoms with E-state index in [-0.39, 0.29) is 18.1 Å². The van der Waals surface area contributed by atoms with E-state index < -0.39 is 0 Å². The van der Waals surface area contributed by atoms with Crippen LogP contribution in [0.1, 0.15) is 57.4 Å². The second kappa shape index (κ2) is 6.64. The molecule has 0 fully saturated rings. The largest absolute Gasteiger partial charge is 0.451 e. The minimum absolute atomic E-state index is 0.114. The Kier molecular flexibility index (Phi) is 4.88. The predicted molar refractivity (Wildman–Crippen MR) is 77.9 cm³/mol. The number of carbonyl (C=O) groups excluding carboxylic acids is 1. The topological polar surface area (TPSA) is 61.6 Å². The van der Waals surface area contributed by atoms with Crippen molar-refractivity contribution >= 4 is 5.91 Å². The van der Waals surface area contributed by atoms with Gasteiger partial charge in [-0.15, -0.1) is 0 Å². The van der Waals surface area contributed by atoms with E-state index in [0.717, 1.165) is 42.7 Å². The van der Waals surface area contributed by atoms with Crippen LogP contribution in [0.2, 0.25) is 0 Å². The highest BCUT2D eigenvalue weighted by atomic mass is 16.7. The Balaban J connectivity index is 2.20. The molecule has 0 aromatic heterocycles. The number of para-hydroxylation sites is 1. The van der Waals surface area contributed by atoms with E-state index >= 15 is 0 Å². The second-order valence-electron chi connectivity index (χ2n) is 5.34. The van der Waals surface area contributed by atoms with Crippen LogP contribution in [0.25, 0.3) is 0 Å². The third kappa shape index (κ3) is 3.44. The summed E-state index contributed by atoms with van der Waals surface area (Å²) in [5, 5.41) is 0. The lowest BCUT2D eigenvalue weighted by molar-refractivity contribution is -0.118. The molecule has 2 rings (SSSR count). The van der Waals surface area contributed by atoms with Gasteiger partial charge in [0.05, 0.1) is 0 Å². The van der Waals surface area contributed by atoms with Gasteiger partial charge in [0, 0.05) is 18.9 Å². The van der Waals surface area contributed by atoms with Crippen molar-refractivity contribution in [1.29, 1.82) is 0 Å². The summed E-state index contributed by atoms with van der Waals surface area (Å²) in [4.78, 5) is 11.3. The number of unbranched alkanes of at least 4 members (excludes halogenated alkanes) is 2. The van der Waals surface area contributed by atoms with E-state index in [4.69, 9.17) is 15.2 Å². The third-order valence-electron chi connectivity index (χ3n) is 3.63. The molecule has 110 valence electrons. The van der Waals surface area contributed by atoms with Crippen LogP contribution in [-0.4, -0.2) is 12.2 Å². The number of hydrogen-bond acceptors (Lipinski definition) is 3. The Morgan fingerprint density at radius 1 is 1.35 bits per heavy atom. The summed E-state index contributed by atoms with van der Waals surface area (Å²) < 4.78 is 11.3. The molecule has 1 aliphatic heterocycles. The normalized spacial score (nSPS) is 18.0. The van der Waals surface area contributed by atoms with Gasteiger partial charge in [0.2, 0.25) is 12.2 Å². The molecule has 0 aliphatic carbocycles. The van der Waals surface area contributed by atoms with Crippen LogP contribution in [0, 0.1) is 0 Å². The molecule has 0 radical (unpaired) electrons. The van der Waals surface area contributed by atoms with E-state index in [1.807, 2.05) is 25.1 Å². The fourth-order valence-electron chi connectivity index (χ4n) is 2.69. The van der Waals surface area contributed by atoms with Crippen LogP contribution < -0.4 is 15.2 Å². The Morgan fingerprint density at radius 2 is 2.15 bits per heavy atom. The molecule has 2 atom stereocenters. The van der Waals surface area contributed by atoms with Gasteiger partial charge < -0.3 is 15.2 Å². The van der Waals surface area contributed by atoms with Crippen molar-refractivity contribution in [2.75, 3.05) is 0 Å². The van der Waals surface area contributed by atoms with Gasteiger partial charge in [-0.2, -0.15) is 0 Å². The smallest absolute Gasteiger partial charge is 0.238 e. The van der Waals surface area contributed by atoms with Crippen molar-refractivity contribution in [3.05, 3.63) is 23.8 Å². The fraction of sp³-hybridized carbons (Fsp3) is 0.562. The van der Waals surface area contributed by atoms with Gasteiger partial charge in [0.15, 0.2) is 11.5 Å². The van der Waals surface area contributed by atoms with Crippen molar-refractivity contribution in [2.24, 2.45) is 5.73 Å². The van der Waals surface area contributed by atoms with Crippen molar-refractivity contribution in [3.8, 4) is 11.5 Å². The molecule has 2 unspecified atom stereocenters. The van der Waals surface area contributed by atoms with E-state index in [0.29, 0.717) is 6.42 Å². The predicted octanol–water partition coefficient (Wildman–Crippen LogP) is 3.34. The van der Waals surface area contributed by atoms with Crippen LogP contribution in [0.5, 0.6) is 11.5 Å². The molecule has 0 saturated heterocycles. The Morgan fingerprint density at radius 3 is 2.85 bits per heavy atom. The van der Waals surface area contributed by atoms with Gasteiger partial charge in [0.25, 0.3) is 0 Å². The zero-order chi connectivity index (χ0) is 14.5. The highest BCUT2D eigenvalue weighted by Gasteiger charge is 2.27. The maximum Gasteiger partial charge on any atom is 0.238 e. The van der Waals surface area contributed by atoms with E-state index in [1.54, 1.807) is 0 Å². The Labute approximate surface area is 120 Å². The molecular formula is C16H23NO3. The summed E-state index contributed by atoms with van der Waals surface area (Å²) in [6.07, 6.45) is 4.46. The maximum atomic E-state index is 11.3.